The van der Waals surface area contributed by atoms with Crippen molar-refractivity contribution in [3.8, 4) is 0 Å². The van der Waals surface area contributed by atoms with Gasteiger partial charge in [0.1, 0.15) is 11.6 Å². The molecule has 0 fully saturated rings. The standard InChI is InChI=1S/C14H13BrF2N2/c1-18-13(10-5-11(16)8-19-7-10)6-9-3-2-4-12(17)14(9)15/h2-5,7-8,13,18H,6H2,1H3. The molecular weight excluding hydrogens is 314 g/mol. The van der Waals surface area contributed by atoms with Crippen molar-refractivity contribution >= 4 is 15.9 Å². The number of halogens is 3. The van der Waals surface area contributed by atoms with E-state index in [0.29, 0.717) is 10.9 Å². The Hall–Kier alpha value is -1.33. The normalized spacial score (nSPS) is 12.4. The van der Waals surface area contributed by atoms with Gasteiger partial charge in [-0.1, -0.05) is 12.1 Å². The largest absolute Gasteiger partial charge is 0.313 e. The van der Waals surface area contributed by atoms with Crippen LogP contribution in [0.5, 0.6) is 0 Å². The first kappa shape index (κ1) is 14.1. The average Bonchev–Trinajstić information content (AvgIpc) is 2.40. The lowest BCUT2D eigenvalue weighted by Gasteiger charge is -2.17. The fourth-order valence-corrected chi connectivity index (χ4v) is 2.36. The minimum Gasteiger partial charge on any atom is -0.313 e. The number of likely N-dealkylation sites (N-methyl/N-ethyl adjacent to an activating group) is 1. The summed E-state index contributed by atoms with van der Waals surface area (Å²) < 4.78 is 27.1. The van der Waals surface area contributed by atoms with Crippen LogP contribution in [0.3, 0.4) is 0 Å². The van der Waals surface area contributed by atoms with E-state index in [9.17, 15) is 8.78 Å². The Morgan fingerprint density at radius 1 is 1.32 bits per heavy atom. The fourth-order valence-electron chi connectivity index (χ4n) is 1.93. The van der Waals surface area contributed by atoms with Crippen LogP contribution in [0, 0.1) is 11.6 Å². The maximum atomic E-state index is 13.5. The molecule has 2 nitrogen and oxygen atoms in total. The van der Waals surface area contributed by atoms with Crippen LogP contribution in [0.15, 0.2) is 41.1 Å². The highest BCUT2D eigenvalue weighted by atomic mass is 79.9. The molecule has 1 unspecified atom stereocenters. The first-order valence-corrected chi connectivity index (χ1v) is 6.61. The highest BCUT2D eigenvalue weighted by Gasteiger charge is 2.14. The second kappa shape index (κ2) is 6.21. The Morgan fingerprint density at radius 2 is 2.11 bits per heavy atom. The Labute approximate surface area is 119 Å². The van der Waals surface area contributed by atoms with Crippen molar-refractivity contribution in [2.24, 2.45) is 0 Å². The lowest BCUT2D eigenvalue weighted by molar-refractivity contribution is 0.565. The predicted octanol–water partition coefficient (Wildman–Crippen LogP) is 3.63. The lowest BCUT2D eigenvalue weighted by Crippen LogP contribution is -2.19. The van der Waals surface area contributed by atoms with E-state index in [4.69, 9.17) is 0 Å². The van der Waals surface area contributed by atoms with Crippen molar-refractivity contribution < 1.29 is 8.78 Å². The molecule has 5 heteroatoms. The topological polar surface area (TPSA) is 24.9 Å². The molecule has 0 saturated carbocycles. The van der Waals surface area contributed by atoms with Crippen molar-refractivity contribution in [2.75, 3.05) is 7.05 Å². The summed E-state index contributed by atoms with van der Waals surface area (Å²) in [5.41, 5.74) is 1.56. The maximum absolute atomic E-state index is 13.5. The first-order valence-electron chi connectivity index (χ1n) is 5.82. The molecule has 19 heavy (non-hydrogen) atoms. The van der Waals surface area contributed by atoms with Gasteiger partial charge in [0.25, 0.3) is 0 Å². The van der Waals surface area contributed by atoms with Crippen LogP contribution >= 0.6 is 15.9 Å². The Morgan fingerprint density at radius 3 is 2.79 bits per heavy atom. The molecule has 0 aliphatic carbocycles. The Bertz CT molecular complexity index is 575. The van der Waals surface area contributed by atoms with E-state index in [-0.39, 0.29) is 17.7 Å². The summed E-state index contributed by atoms with van der Waals surface area (Å²) in [6, 6.07) is 6.20. The molecule has 1 N–H and O–H groups in total. The van der Waals surface area contributed by atoms with Gasteiger partial charge in [-0.25, -0.2) is 8.78 Å². The van der Waals surface area contributed by atoms with Crippen molar-refractivity contribution in [1.29, 1.82) is 0 Å². The quantitative estimate of drug-likeness (QED) is 0.928. The third-order valence-corrected chi connectivity index (χ3v) is 3.82. The second-order valence-electron chi connectivity index (χ2n) is 4.19. The van der Waals surface area contributed by atoms with E-state index >= 15 is 0 Å². The van der Waals surface area contributed by atoms with Gasteiger partial charge in [0.05, 0.1) is 10.7 Å². The van der Waals surface area contributed by atoms with E-state index in [1.54, 1.807) is 19.3 Å². The van der Waals surface area contributed by atoms with E-state index in [2.05, 4.69) is 26.2 Å². The van der Waals surface area contributed by atoms with Crippen molar-refractivity contribution in [1.82, 2.24) is 10.3 Å². The van der Waals surface area contributed by atoms with Gasteiger partial charge in [-0.05, 0) is 52.7 Å². The molecule has 100 valence electrons. The van der Waals surface area contributed by atoms with Gasteiger partial charge in [-0.2, -0.15) is 0 Å². The fraction of sp³-hybridized carbons (Fsp3) is 0.214. The van der Waals surface area contributed by atoms with Crippen LogP contribution < -0.4 is 5.32 Å². The zero-order valence-corrected chi connectivity index (χ0v) is 11.9. The predicted molar refractivity (Wildman–Crippen MR) is 73.8 cm³/mol. The lowest BCUT2D eigenvalue weighted by atomic mass is 10.0. The number of pyridine rings is 1. The van der Waals surface area contributed by atoms with Gasteiger partial charge in [-0.15, -0.1) is 0 Å². The summed E-state index contributed by atoms with van der Waals surface area (Å²) in [6.45, 7) is 0. The molecule has 1 aromatic carbocycles. The number of aromatic nitrogens is 1. The third-order valence-electron chi connectivity index (χ3n) is 2.93. The number of hydrogen-bond acceptors (Lipinski definition) is 2. The molecule has 0 saturated heterocycles. The summed E-state index contributed by atoms with van der Waals surface area (Å²) in [5.74, 6) is -0.680. The Kier molecular flexibility index (Phi) is 4.61. The first-order chi connectivity index (χ1) is 9.11. The SMILES string of the molecule is CNC(Cc1cccc(F)c1Br)c1cncc(F)c1. The van der Waals surface area contributed by atoms with Crippen LogP contribution in [0.25, 0.3) is 0 Å². The summed E-state index contributed by atoms with van der Waals surface area (Å²) in [4.78, 5) is 3.83. The highest BCUT2D eigenvalue weighted by molar-refractivity contribution is 9.10. The second-order valence-corrected chi connectivity index (χ2v) is 4.99. The summed E-state index contributed by atoms with van der Waals surface area (Å²) in [6.07, 6.45) is 3.31. The molecule has 0 aliphatic rings. The zero-order valence-electron chi connectivity index (χ0n) is 10.3. The molecule has 0 amide bonds. The van der Waals surface area contributed by atoms with Gasteiger partial charge >= 0.3 is 0 Å². The van der Waals surface area contributed by atoms with Crippen LogP contribution in [0.4, 0.5) is 8.78 Å². The molecule has 2 rings (SSSR count). The monoisotopic (exact) mass is 326 g/mol. The minimum atomic E-state index is -0.379. The van der Waals surface area contributed by atoms with Crippen molar-refractivity contribution in [3.05, 3.63) is 63.9 Å². The highest BCUT2D eigenvalue weighted by Crippen LogP contribution is 2.25. The molecule has 0 aliphatic heterocycles. The van der Waals surface area contributed by atoms with Gasteiger partial charge in [0, 0.05) is 12.2 Å². The minimum absolute atomic E-state index is 0.124. The van der Waals surface area contributed by atoms with Crippen LogP contribution in [0.1, 0.15) is 17.2 Å². The van der Waals surface area contributed by atoms with Gasteiger partial charge in [0.15, 0.2) is 0 Å². The summed E-state index contributed by atoms with van der Waals surface area (Å²) in [5, 5.41) is 3.09. The molecular formula is C14H13BrF2N2. The van der Waals surface area contributed by atoms with Crippen LogP contribution in [0.2, 0.25) is 0 Å². The molecule has 0 spiro atoms. The molecule has 0 radical (unpaired) electrons. The smallest absolute Gasteiger partial charge is 0.141 e. The maximum Gasteiger partial charge on any atom is 0.141 e. The van der Waals surface area contributed by atoms with Crippen molar-refractivity contribution in [2.45, 2.75) is 12.5 Å². The number of nitrogens with zero attached hydrogens (tertiary/aromatic N) is 1. The zero-order chi connectivity index (χ0) is 13.8. The van der Waals surface area contributed by atoms with E-state index < -0.39 is 0 Å². The number of benzene rings is 1. The molecule has 0 bridgehead atoms. The number of nitrogens with one attached hydrogen (secondary N) is 1. The van der Waals surface area contributed by atoms with Gasteiger partial charge in [0.2, 0.25) is 0 Å². The molecule has 1 atom stereocenters. The van der Waals surface area contributed by atoms with Crippen molar-refractivity contribution in [3.63, 3.8) is 0 Å². The molecule has 1 aromatic heterocycles. The number of hydrogen-bond donors (Lipinski definition) is 1. The van der Waals surface area contributed by atoms with Crippen LogP contribution in [-0.2, 0) is 6.42 Å². The van der Waals surface area contributed by atoms with Gasteiger partial charge in [-0.3, -0.25) is 4.98 Å². The van der Waals surface area contributed by atoms with E-state index in [1.807, 2.05) is 6.07 Å². The number of rotatable bonds is 4. The van der Waals surface area contributed by atoms with E-state index in [1.165, 1.54) is 12.1 Å². The Balaban J connectivity index is 2.26. The van der Waals surface area contributed by atoms with Crippen LogP contribution in [-0.4, -0.2) is 12.0 Å². The molecule has 1 heterocycles. The third kappa shape index (κ3) is 3.36. The van der Waals surface area contributed by atoms with Gasteiger partial charge < -0.3 is 5.32 Å². The average molecular weight is 327 g/mol. The summed E-state index contributed by atoms with van der Waals surface area (Å²) >= 11 is 3.23. The van der Waals surface area contributed by atoms with E-state index in [0.717, 1.165) is 17.3 Å². The molecule has 2 aromatic rings. The summed E-state index contributed by atoms with van der Waals surface area (Å²) in [7, 11) is 1.78.